The van der Waals surface area contributed by atoms with Crippen molar-refractivity contribution < 1.29 is 0 Å². The second-order valence-electron chi connectivity index (χ2n) is 7.94. The fourth-order valence-electron chi connectivity index (χ4n) is 4.45. The maximum absolute atomic E-state index is 4.96. The molecular weight excluding hydrogens is 332 g/mol. The Morgan fingerprint density at radius 3 is 2.52 bits per heavy atom. The number of benzene rings is 2. The average Bonchev–Trinajstić information content (AvgIpc) is 3.45. The third-order valence-corrected chi connectivity index (χ3v) is 6.00. The van der Waals surface area contributed by atoms with Gasteiger partial charge in [0.25, 0.3) is 0 Å². The highest BCUT2D eigenvalue weighted by Crippen LogP contribution is 2.43. The Kier molecular flexibility index (Phi) is 3.35. The number of pyridine rings is 1. The van der Waals surface area contributed by atoms with E-state index in [2.05, 4.69) is 69.0 Å². The molecule has 1 aliphatic heterocycles. The van der Waals surface area contributed by atoms with E-state index in [1.165, 1.54) is 35.1 Å². The fourth-order valence-corrected chi connectivity index (χ4v) is 4.45. The fraction of sp³-hybridized carbons (Fsp3) is 0.304. The monoisotopic (exact) mass is 354 g/mol. The van der Waals surface area contributed by atoms with Crippen LogP contribution in [0.3, 0.4) is 0 Å². The molecule has 2 aromatic carbocycles. The van der Waals surface area contributed by atoms with Gasteiger partial charge in [0.2, 0.25) is 0 Å². The molecule has 1 saturated carbocycles. The number of hydrogen-bond donors (Lipinski definition) is 0. The molecule has 134 valence electrons. The Labute approximate surface area is 158 Å². The summed E-state index contributed by atoms with van der Waals surface area (Å²) in [6, 6.07) is 19.8. The predicted molar refractivity (Wildman–Crippen MR) is 108 cm³/mol. The topological polar surface area (TPSA) is 34.0 Å². The van der Waals surface area contributed by atoms with E-state index in [0.29, 0.717) is 12.0 Å². The highest BCUT2D eigenvalue weighted by molar-refractivity contribution is 5.81. The molecule has 0 N–H and O–H groups in total. The van der Waals surface area contributed by atoms with Gasteiger partial charge >= 0.3 is 0 Å². The van der Waals surface area contributed by atoms with Crippen molar-refractivity contribution in [1.29, 1.82) is 0 Å². The number of nitrogens with zero attached hydrogens (tertiary/aromatic N) is 4. The first-order valence-electron chi connectivity index (χ1n) is 9.89. The zero-order valence-corrected chi connectivity index (χ0v) is 15.3. The lowest BCUT2D eigenvalue weighted by molar-refractivity contribution is 0.0999. The van der Waals surface area contributed by atoms with Crippen LogP contribution in [0.5, 0.6) is 0 Å². The first-order chi connectivity index (χ1) is 13.4. The van der Waals surface area contributed by atoms with E-state index in [9.17, 15) is 0 Å². The Morgan fingerprint density at radius 2 is 1.67 bits per heavy atom. The van der Waals surface area contributed by atoms with Crippen LogP contribution in [0.25, 0.3) is 21.9 Å². The molecule has 0 spiro atoms. The maximum atomic E-state index is 4.96. The van der Waals surface area contributed by atoms with E-state index in [1.54, 1.807) is 0 Å². The average molecular weight is 354 g/mol. The summed E-state index contributed by atoms with van der Waals surface area (Å²) in [4.78, 5) is 12.0. The lowest BCUT2D eigenvalue weighted by Gasteiger charge is -2.41. The zero-order chi connectivity index (χ0) is 17.8. The first-order valence-corrected chi connectivity index (χ1v) is 9.89. The number of likely N-dealkylation sites (tertiary alicyclic amines) is 1. The van der Waals surface area contributed by atoms with Gasteiger partial charge in [-0.15, -0.1) is 0 Å². The molecule has 0 amide bonds. The highest BCUT2D eigenvalue weighted by Gasteiger charge is 2.36. The summed E-state index contributed by atoms with van der Waals surface area (Å²) in [5, 5.41) is 1.27. The highest BCUT2D eigenvalue weighted by atomic mass is 15.3. The second kappa shape index (κ2) is 5.89. The molecule has 0 radical (unpaired) electrons. The molecule has 0 bridgehead atoms. The van der Waals surface area contributed by atoms with Crippen LogP contribution < -0.4 is 0 Å². The van der Waals surface area contributed by atoms with Gasteiger partial charge in [0.15, 0.2) is 0 Å². The van der Waals surface area contributed by atoms with Crippen LogP contribution in [0.2, 0.25) is 0 Å². The van der Waals surface area contributed by atoms with E-state index in [1.807, 2.05) is 6.20 Å². The van der Waals surface area contributed by atoms with E-state index in [-0.39, 0.29) is 0 Å². The first kappa shape index (κ1) is 15.3. The molecule has 0 unspecified atom stereocenters. The second-order valence-corrected chi connectivity index (χ2v) is 7.94. The Bertz CT molecular complexity index is 1130. The largest absolute Gasteiger partial charge is 0.322 e. The minimum atomic E-state index is 0.543. The van der Waals surface area contributed by atoms with Crippen molar-refractivity contribution in [2.24, 2.45) is 0 Å². The predicted octanol–water partition coefficient (Wildman–Crippen LogP) is 4.52. The van der Waals surface area contributed by atoms with Crippen molar-refractivity contribution in [3.8, 4) is 0 Å². The van der Waals surface area contributed by atoms with Gasteiger partial charge < -0.3 is 4.57 Å². The Balaban J connectivity index is 1.27. The quantitative estimate of drug-likeness (QED) is 0.540. The van der Waals surface area contributed by atoms with Gasteiger partial charge in [-0.25, -0.2) is 4.98 Å². The van der Waals surface area contributed by atoms with Crippen molar-refractivity contribution in [3.05, 3.63) is 72.2 Å². The molecule has 4 aromatic rings. The van der Waals surface area contributed by atoms with Gasteiger partial charge in [0.05, 0.1) is 22.6 Å². The van der Waals surface area contributed by atoms with Crippen LogP contribution in [-0.4, -0.2) is 32.5 Å². The Morgan fingerprint density at radius 1 is 0.889 bits per heavy atom. The third-order valence-electron chi connectivity index (χ3n) is 6.00. The number of imidazole rings is 1. The maximum Gasteiger partial charge on any atom is 0.113 e. The van der Waals surface area contributed by atoms with Gasteiger partial charge in [0, 0.05) is 37.1 Å². The van der Waals surface area contributed by atoms with Crippen LogP contribution in [0.15, 0.2) is 60.8 Å². The molecule has 4 nitrogen and oxygen atoms in total. The number of fused-ring (bicyclic) bond motifs is 2. The van der Waals surface area contributed by atoms with Crippen LogP contribution in [-0.2, 0) is 6.54 Å². The van der Waals surface area contributed by atoms with Crippen molar-refractivity contribution in [2.45, 2.75) is 31.3 Å². The van der Waals surface area contributed by atoms with E-state index in [4.69, 9.17) is 4.98 Å². The summed E-state index contributed by atoms with van der Waals surface area (Å²) >= 11 is 0. The molecular formula is C23H22N4. The third kappa shape index (κ3) is 2.55. The van der Waals surface area contributed by atoms with Crippen LogP contribution in [0.4, 0.5) is 0 Å². The summed E-state index contributed by atoms with van der Waals surface area (Å²) < 4.78 is 2.54. The van der Waals surface area contributed by atoms with Crippen LogP contribution in [0.1, 0.15) is 36.2 Å². The van der Waals surface area contributed by atoms with Crippen molar-refractivity contribution in [3.63, 3.8) is 0 Å². The molecule has 0 atom stereocenters. The minimum Gasteiger partial charge on any atom is -0.322 e. The smallest absolute Gasteiger partial charge is 0.113 e. The van der Waals surface area contributed by atoms with Crippen molar-refractivity contribution in [1.82, 2.24) is 19.4 Å². The van der Waals surface area contributed by atoms with Gasteiger partial charge in [0.1, 0.15) is 5.82 Å². The SMILES string of the molecule is c1ccc2c(CN3CC(n4c(C5CC5)nc5ccccc54)C3)ccnc2c1. The summed E-state index contributed by atoms with van der Waals surface area (Å²) in [5.74, 6) is 1.99. The Hall–Kier alpha value is -2.72. The number of hydrogen-bond acceptors (Lipinski definition) is 3. The molecule has 6 rings (SSSR count). The molecule has 1 saturated heterocycles. The van der Waals surface area contributed by atoms with Crippen molar-refractivity contribution >= 4 is 21.9 Å². The zero-order valence-electron chi connectivity index (χ0n) is 15.3. The molecule has 27 heavy (non-hydrogen) atoms. The van der Waals surface area contributed by atoms with Gasteiger partial charge in [-0.3, -0.25) is 9.88 Å². The summed E-state index contributed by atoms with van der Waals surface area (Å²) in [7, 11) is 0. The van der Waals surface area contributed by atoms with Gasteiger partial charge in [-0.1, -0.05) is 30.3 Å². The molecule has 4 heteroatoms. The van der Waals surface area contributed by atoms with Gasteiger partial charge in [-0.2, -0.15) is 0 Å². The summed E-state index contributed by atoms with van der Waals surface area (Å²) in [6.45, 7) is 3.18. The number of aromatic nitrogens is 3. The number of rotatable bonds is 4. The summed E-state index contributed by atoms with van der Waals surface area (Å²) in [6.07, 6.45) is 4.52. The lowest BCUT2D eigenvalue weighted by atomic mass is 10.0. The van der Waals surface area contributed by atoms with E-state index < -0.39 is 0 Å². The van der Waals surface area contributed by atoms with Gasteiger partial charge in [-0.05, 0) is 42.7 Å². The number of para-hydroxylation sites is 3. The lowest BCUT2D eigenvalue weighted by Crippen LogP contribution is -2.47. The standard InChI is InChI=1S/C23H22N4/c1-2-6-20-19(5-1)17(11-12-24-20)13-26-14-18(15-26)27-22-8-4-3-7-21(22)25-23(27)16-9-10-16/h1-8,11-12,16,18H,9-10,13-15H2. The van der Waals surface area contributed by atoms with Crippen molar-refractivity contribution in [2.75, 3.05) is 13.1 Å². The molecule has 2 aliphatic rings. The van der Waals surface area contributed by atoms with Crippen LogP contribution in [0, 0.1) is 0 Å². The molecule has 2 fully saturated rings. The molecule has 2 aromatic heterocycles. The summed E-state index contributed by atoms with van der Waals surface area (Å²) in [5.41, 5.74) is 4.91. The molecule has 1 aliphatic carbocycles. The minimum absolute atomic E-state index is 0.543. The molecule has 3 heterocycles. The van der Waals surface area contributed by atoms with Crippen LogP contribution >= 0.6 is 0 Å². The normalized spacial score (nSPS) is 18.2. The van der Waals surface area contributed by atoms with E-state index in [0.717, 1.165) is 30.7 Å². The van der Waals surface area contributed by atoms with E-state index >= 15 is 0 Å².